The van der Waals surface area contributed by atoms with Crippen LogP contribution in [0.4, 0.5) is 15.8 Å². The third-order valence-electron chi connectivity index (χ3n) is 4.44. The monoisotopic (exact) mass is 365 g/mol. The second kappa shape index (κ2) is 6.99. The lowest BCUT2D eigenvalue weighted by Gasteiger charge is -2.16. The van der Waals surface area contributed by atoms with Gasteiger partial charge in [-0.15, -0.1) is 0 Å². The molecule has 7 nitrogen and oxygen atoms in total. The molecule has 1 aliphatic heterocycles. The molecule has 1 fully saturated rings. The van der Waals surface area contributed by atoms with Gasteiger partial charge in [-0.3, -0.25) is 9.59 Å². The molecule has 0 unspecified atom stereocenters. The summed E-state index contributed by atoms with van der Waals surface area (Å²) in [4.78, 5) is 30.1. The van der Waals surface area contributed by atoms with Crippen molar-refractivity contribution >= 4 is 23.2 Å². The highest BCUT2D eigenvalue weighted by molar-refractivity contribution is 6.03. The quantitative estimate of drug-likeness (QED) is 0.770. The van der Waals surface area contributed by atoms with E-state index in [1.807, 2.05) is 30.3 Å². The summed E-state index contributed by atoms with van der Waals surface area (Å²) in [6, 6.07) is 13.5. The average molecular weight is 365 g/mol. The largest absolute Gasteiger partial charge is 0.326 e. The number of nitrogens with one attached hydrogen (secondary N) is 1. The van der Waals surface area contributed by atoms with Gasteiger partial charge in [-0.2, -0.15) is 5.10 Å². The molecule has 136 valence electrons. The third kappa shape index (κ3) is 3.41. The summed E-state index contributed by atoms with van der Waals surface area (Å²) in [6.45, 7) is 0.300. The molecule has 3 aromatic rings. The second-order valence-electron chi connectivity index (χ2n) is 6.24. The van der Waals surface area contributed by atoms with Crippen molar-refractivity contribution in [3.8, 4) is 5.69 Å². The fourth-order valence-electron chi connectivity index (χ4n) is 3.09. The average Bonchev–Trinajstić information content (AvgIpc) is 3.32. The summed E-state index contributed by atoms with van der Waals surface area (Å²) in [7, 11) is 0. The van der Waals surface area contributed by atoms with Crippen molar-refractivity contribution in [3.63, 3.8) is 0 Å². The summed E-state index contributed by atoms with van der Waals surface area (Å²) in [5, 5.41) is 6.57. The molecule has 4 rings (SSSR count). The number of para-hydroxylation sites is 1. The van der Waals surface area contributed by atoms with Gasteiger partial charge in [0.1, 0.15) is 18.3 Å². The number of amides is 2. The summed E-state index contributed by atoms with van der Waals surface area (Å²) in [6.07, 6.45) is 2.82. The highest BCUT2D eigenvalue weighted by atomic mass is 19.1. The number of halogens is 1. The van der Waals surface area contributed by atoms with Gasteiger partial charge in [-0.25, -0.2) is 14.1 Å². The van der Waals surface area contributed by atoms with Gasteiger partial charge >= 0.3 is 0 Å². The Morgan fingerprint density at radius 3 is 2.70 bits per heavy atom. The number of aromatic nitrogens is 3. The van der Waals surface area contributed by atoms with E-state index >= 15 is 0 Å². The summed E-state index contributed by atoms with van der Waals surface area (Å²) in [5.74, 6) is -1.44. The number of rotatable bonds is 4. The van der Waals surface area contributed by atoms with Crippen LogP contribution in [0.15, 0.2) is 61.2 Å². The first-order chi connectivity index (χ1) is 13.1. The van der Waals surface area contributed by atoms with E-state index in [-0.39, 0.29) is 23.9 Å². The van der Waals surface area contributed by atoms with Crippen molar-refractivity contribution in [2.24, 2.45) is 5.92 Å². The van der Waals surface area contributed by atoms with Gasteiger partial charge in [0.25, 0.3) is 0 Å². The van der Waals surface area contributed by atoms with Crippen LogP contribution in [0.25, 0.3) is 5.69 Å². The Morgan fingerprint density at radius 1 is 1.19 bits per heavy atom. The lowest BCUT2D eigenvalue weighted by atomic mass is 10.1. The number of hydrogen-bond donors (Lipinski definition) is 1. The van der Waals surface area contributed by atoms with E-state index in [1.54, 1.807) is 11.0 Å². The first-order valence-corrected chi connectivity index (χ1v) is 8.42. The molecule has 1 aliphatic rings. The van der Waals surface area contributed by atoms with E-state index in [9.17, 15) is 14.0 Å². The van der Waals surface area contributed by atoms with Gasteiger partial charge < -0.3 is 10.2 Å². The molecule has 2 aromatic carbocycles. The minimum atomic E-state index is -0.535. The predicted octanol–water partition coefficient (Wildman–Crippen LogP) is 2.40. The topological polar surface area (TPSA) is 80.1 Å². The number of benzene rings is 2. The predicted molar refractivity (Wildman–Crippen MR) is 96.8 cm³/mol. The van der Waals surface area contributed by atoms with E-state index in [4.69, 9.17) is 0 Å². The fourth-order valence-corrected chi connectivity index (χ4v) is 3.09. The molecule has 0 radical (unpaired) electrons. The molecular weight excluding hydrogens is 349 g/mol. The Morgan fingerprint density at radius 2 is 2.00 bits per heavy atom. The van der Waals surface area contributed by atoms with Crippen LogP contribution < -0.4 is 10.2 Å². The fraction of sp³-hybridized carbons (Fsp3) is 0.158. The zero-order valence-electron chi connectivity index (χ0n) is 14.2. The van der Waals surface area contributed by atoms with Crippen molar-refractivity contribution in [2.75, 3.05) is 16.8 Å². The molecular formula is C19H16FN5O2. The van der Waals surface area contributed by atoms with Crippen LogP contribution in [-0.2, 0) is 9.59 Å². The SMILES string of the molecule is O=C(Nc1ccc(-n2cncn2)c(F)c1)[C@@H]1CC(=O)N(c2ccccc2)C1. The lowest BCUT2D eigenvalue weighted by molar-refractivity contribution is -0.122. The van der Waals surface area contributed by atoms with Crippen LogP contribution in [-0.4, -0.2) is 33.1 Å². The van der Waals surface area contributed by atoms with E-state index in [2.05, 4.69) is 15.4 Å². The third-order valence-corrected chi connectivity index (χ3v) is 4.44. The summed E-state index contributed by atoms with van der Waals surface area (Å²) < 4.78 is 15.6. The smallest absolute Gasteiger partial charge is 0.229 e. The second-order valence-corrected chi connectivity index (χ2v) is 6.24. The number of hydrogen-bond acceptors (Lipinski definition) is 4. The molecule has 8 heteroatoms. The molecule has 0 bridgehead atoms. The van der Waals surface area contributed by atoms with Gasteiger partial charge in [0, 0.05) is 24.3 Å². The molecule has 0 aliphatic carbocycles. The standard InChI is InChI=1S/C19H16FN5O2/c20-16-9-14(6-7-17(16)25-12-21-11-22-25)23-19(27)13-8-18(26)24(10-13)15-4-2-1-3-5-15/h1-7,9,11-13H,8,10H2,(H,23,27)/t13-/m1/s1. The van der Waals surface area contributed by atoms with E-state index in [0.717, 1.165) is 5.69 Å². The van der Waals surface area contributed by atoms with E-state index < -0.39 is 11.7 Å². The number of carbonyl (C=O) groups excluding carboxylic acids is 2. The Balaban J connectivity index is 1.45. The minimum absolute atomic E-state index is 0.103. The van der Waals surface area contributed by atoms with Gasteiger partial charge in [-0.05, 0) is 30.3 Å². The van der Waals surface area contributed by atoms with Gasteiger partial charge in [0.2, 0.25) is 11.8 Å². The molecule has 2 amide bonds. The molecule has 27 heavy (non-hydrogen) atoms. The Hall–Kier alpha value is -3.55. The van der Waals surface area contributed by atoms with Crippen LogP contribution in [0.2, 0.25) is 0 Å². The molecule has 1 aromatic heterocycles. The molecule has 1 atom stereocenters. The molecule has 2 heterocycles. The Labute approximate surface area is 154 Å². The molecule has 0 saturated carbocycles. The highest BCUT2D eigenvalue weighted by Gasteiger charge is 2.35. The minimum Gasteiger partial charge on any atom is -0.326 e. The maximum atomic E-state index is 14.3. The van der Waals surface area contributed by atoms with Gasteiger partial charge in [-0.1, -0.05) is 18.2 Å². The van der Waals surface area contributed by atoms with Crippen LogP contribution in [0.3, 0.4) is 0 Å². The Kier molecular flexibility index (Phi) is 4.37. The van der Waals surface area contributed by atoms with Crippen molar-refractivity contribution < 1.29 is 14.0 Å². The zero-order chi connectivity index (χ0) is 18.8. The van der Waals surface area contributed by atoms with Gasteiger partial charge in [0.15, 0.2) is 5.82 Å². The number of carbonyl (C=O) groups is 2. The molecule has 1 N–H and O–H groups in total. The highest BCUT2D eigenvalue weighted by Crippen LogP contribution is 2.26. The van der Waals surface area contributed by atoms with Crippen molar-refractivity contribution in [3.05, 3.63) is 67.0 Å². The molecule has 0 spiro atoms. The van der Waals surface area contributed by atoms with Gasteiger partial charge in [0.05, 0.1) is 5.92 Å². The number of anilines is 2. The van der Waals surface area contributed by atoms with Crippen LogP contribution in [0, 0.1) is 11.7 Å². The summed E-state index contributed by atoms with van der Waals surface area (Å²) in [5.41, 5.74) is 1.32. The number of nitrogens with zero attached hydrogens (tertiary/aromatic N) is 4. The van der Waals surface area contributed by atoms with Crippen molar-refractivity contribution in [1.29, 1.82) is 0 Å². The summed E-state index contributed by atoms with van der Waals surface area (Å²) >= 11 is 0. The van der Waals surface area contributed by atoms with Crippen LogP contribution in [0.1, 0.15) is 6.42 Å². The van der Waals surface area contributed by atoms with Crippen LogP contribution >= 0.6 is 0 Å². The van der Waals surface area contributed by atoms with Crippen molar-refractivity contribution in [1.82, 2.24) is 14.8 Å². The van der Waals surface area contributed by atoms with Crippen LogP contribution in [0.5, 0.6) is 0 Å². The Bertz CT molecular complexity index is 975. The normalized spacial score (nSPS) is 16.6. The lowest BCUT2D eigenvalue weighted by Crippen LogP contribution is -2.28. The maximum Gasteiger partial charge on any atom is 0.229 e. The van der Waals surface area contributed by atoms with E-state index in [1.165, 1.54) is 29.5 Å². The van der Waals surface area contributed by atoms with E-state index in [0.29, 0.717) is 12.2 Å². The first kappa shape index (κ1) is 16.9. The van der Waals surface area contributed by atoms with Crippen molar-refractivity contribution in [2.45, 2.75) is 6.42 Å². The maximum absolute atomic E-state index is 14.3. The first-order valence-electron chi connectivity index (χ1n) is 8.42. The molecule has 1 saturated heterocycles. The zero-order valence-corrected chi connectivity index (χ0v) is 14.2.